The van der Waals surface area contributed by atoms with E-state index >= 15 is 0 Å². The number of nitrogen functional groups attached to an aromatic ring is 1. The lowest BCUT2D eigenvalue weighted by molar-refractivity contribution is 0.892. The van der Waals surface area contributed by atoms with E-state index in [0.29, 0.717) is 11.6 Å². The topological polar surface area (TPSA) is 93.7 Å². The highest BCUT2D eigenvalue weighted by Gasteiger charge is 2.08. The second-order valence-electron chi connectivity index (χ2n) is 2.80. The Morgan fingerprint density at radius 1 is 1.43 bits per heavy atom. The van der Waals surface area contributed by atoms with Crippen LogP contribution in [0.3, 0.4) is 0 Å². The summed E-state index contributed by atoms with van der Waals surface area (Å²) in [6.07, 6.45) is 1.56. The van der Waals surface area contributed by atoms with Crippen LogP contribution < -0.4 is 16.7 Å². The van der Waals surface area contributed by atoms with Gasteiger partial charge in [-0.3, -0.25) is 5.53 Å². The zero-order valence-corrected chi connectivity index (χ0v) is 7.94. The van der Waals surface area contributed by atoms with Crippen LogP contribution in [-0.4, -0.2) is 26.7 Å². The second-order valence-corrected chi connectivity index (χ2v) is 2.80. The van der Waals surface area contributed by atoms with E-state index in [0.717, 1.165) is 11.2 Å². The fourth-order valence-corrected chi connectivity index (χ4v) is 1.25. The molecule has 2 rings (SSSR count). The molecule has 7 heteroatoms. The molecule has 7 nitrogen and oxygen atoms in total. The quantitative estimate of drug-likeness (QED) is 0.443. The molecule has 4 N–H and O–H groups in total. The predicted octanol–water partition coefficient (Wildman–Crippen LogP) is -0.406. The maximum atomic E-state index is 5.29. The van der Waals surface area contributed by atoms with E-state index in [-0.39, 0.29) is 0 Å². The Kier molecular flexibility index (Phi) is 1.93. The van der Waals surface area contributed by atoms with Gasteiger partial charge in [-0.2, -0.15) is 4.98 Å². The zero-order valence-electron chi connectivity index (χ0n) is 7.94. The summed E-state index contributed by atoms with van der Waals surface area (Å²) in [7, 11) is 1.76. The van der Waals surface area contributed by atoms with E-state index in [2.05, 4.69) is 25.8 Å². The van der Waals surface area contributed by atoms with Crippen molar-refractivity contribution in [1.82, 2.24) is 19.6 Å². The van der Waals surface area contributed by atoms with E-state index in [1.54, 1.807) is 13.4 Å². The Labute approximate surface area is 80.3 Å². The molecule has 0 aliphatic heterocycles. The van der Waals surface area contributed by atoms with Crippen LogP contribution in [0.5, 0.6) is 0 Å². The van der Waals surface area contributed by atoms with E-state index < -0.39 is 0 Å². The number of hydrazine groups is 1. The van der Waals surface area contributed by atoms with Gasteiger partial charge in [-0.15, -0.1) is 0 Å². The van der Waals surface area contributed by atoms with Gasteiger partial charge in [0.2, 0.25) is 5.95 Å². The molecule has 0 saturated heterocycles. The van der Waals surface area contributed by atoms with Crippen LogP contribution in [0.4, 0.5) is 5.95 Å². The van der Waals surface area contributed by atoms with Crippen molar-refractivity contribution in [2.24, 2.45) is 5.84 Å². The Morgan fingerprint density at radius 3 is 2.86 bits per heavy atom. The van der Waals surface area contributed by atoms with E-state index in [1.807, 2.05) is 6.92 Å². The highest BCUT2D eigenvalue weighted by molar-refractivity contribution is 5.74. The minimum atomic E-state index is 0.548. The van der Waals surface area contributed by atoms with Crippen molar-refractivity contribution >= 4 is 17.1 Å². The minimum Gasteiger partial charge on any atom is -0.357 e. The zero-order chi connectivity index (χ0) is 10.1. The van der Waals surface area contributed by atoms with E-state index in [1.165, 1.54) is 4.68 Å². The predicted molar refractivity (Wildman–Crippen MR) is 53.2 cm³/mol. The number of fused-ring (bicyclic) bond motifs is 1. The third-order valence-electron chi connectivity index (χ3n) is 1.93. The van der Waals surface area contributed by atoms with Crippen molar-refractivity contribution in [3.63, 3.8) is 0 Å². The van der Waals surface area contributed by atoms with Crippen LogP contribution in [0.2, 0.25) is 0 Å². The van der Waals surface area contributed by atoms with Crippen molar-refractivity contribution in [2.45, 2.75) is 6.92 Å². The van der Waals surface area contributed by atoms with Gasteiger partial charge in [-0.25, -0.2) is 20.5 Å². The lowest BCUT2D eigenvalue weighted by Crippen LogP contribution is -2.20. The Hall–Kier alpha value is -1.89. The summed E-state index contributed by atoms with van der Waals surface area (Å²) in [5.74, 6) is 5.84. The number of imidazole rings is 1. The van der Waals surface area contributed by atoms with Crippen LogP contribution in [0.1, 0.15) is 5.69 Å². The van der Waals surface area contributed by atoms with Crippen LogP contribution >= 0.6 is 0 Å². The maximum Gasteiger partial charge on any atom is 0.224 e. The molecule has 0 aliphatic rings. The molecule has 0 spiro atoms. The third kappa shape index (κ3) is 1.14. The molecule has 0 atom stereocenters. The monoisotopic (exact) mass is 193 g/mol. The maximum absolute atomic E-state index is 5.29. The number of hydrogen-bond acceptors (Lipinski definition) is 6. The lowest BCUT2D eigenvalue weighted by atomic mass is 10.4. The van der Waals surface area contributed by atoms with Gasteiger partial charge in [0.05, 0.1) is 5.69 Å². The van der Waals surface area contributed by atoms with Gasteiger partial charge < -0.3 is 5.32 Å². The molecule has 2 heterocycles. The number of aryl methyl sites for hydroxylation is 1. The molecular formula is C7H11N7. The molecule has 74 valence electrons. The normalized spacial score (nSPS) is 10.5. The Balaban J connectivity index is 2.73. The van der Waals surface area contributed by atoms with Gasteiger partial charge in [0.1, 0.15) is 11.8 Å². The summed E-state index contributed by atoms with van der Waals surface area (Å²) in [6.45, 7) is 1.87. The van der Waals surface area contributed by atoms with Crippen LogP contribution in [0, 0.1) is 6.92 Å². The summed E-state index contributed by atoms with van der Waals surface area (Å²) in [6, 6.07) is 0. The number of nitrogens with two attached hydrogens (primary N) is 1. The molecule has 14 heavy (non-hydrogen) atoms. The average Bonchev–Trinajstić information content (AvgIpc) is 2.61. The van der Waals surface area contributed by atoms with Gasteiger partial charge in [0.15, 0.2) is 5.65 Å². The summed E-state index contributed by atoms with van der Waals surface area (Å²) in [5, 5.41) is 2.87. The molecule has 0 aromatic carbocycles. The number of rotatable bonds is 2. The first-order valence-corrected chi connectivity index (χ1v) is 4.12. The summed E-state index contributed by atoms with van der Waals surface area (Å²) in [4.78, 5) is 12.6. The number of nitrogens with zero attached hydrogens (tertiary/aromatic N) is 4. The lowest BCUT2D eigenvalue weighted by Gasteiger charge is -2.03. The van der Waals surface area contributed by atoms with Crippen molar-refractivity contribution in [1.29, 1.82) is 0 Å². The molecule has 0 amide bonds. The van der Waals surface area contributed by atoms with Crippen molar-refractivity contribution in [3.05, 3.63) is 12.0 Å². The smallest absolute Gasteiger partial charge is 0.224 e. The van der Waals surface area contributed by atoms with Crippen molar-refractivity contribution < 1.29 is 0 Å². The second kappa shape index (κ2) is 3.11. The summed E-state index contributed by atoms with van der Waals surface area (Å²) >= 11 is 0. The largest absolute Gasteiger partial charge is 0.357 e. The number of nitrogens with one attached hydrogen (secondary N) is 2. The Bertz CT molecular complexity index is 460. The average molecular weight is 193 g/mol. The number of aromatic nitrogens is 4. The highest BCUT2D eigenvalue weighted by atomic mass is 15.6. The van der Waals surface area contributed by atoms with Crippen molar-refractivity contribution in [3.8, 4) is 0 Å². The van der Waals surface area contributed by atoms with E-state index in [9.17, 15) is 0 Å². The molecular weight excluding hydrogens is 182 g/mol. The standard InChI is InChI=1S/C7H11N7/c1-4-5-6(12-7(9-2)11-4)14(13-8)3-10-5/h3,13H,8H2,1-2H3,(H,9,11,12). The molecule has 0 unspecified atom stereocenters. The molecule has 0 radical (unpaired) electrons. The van der Waals surface area contributed by atoms with Crippen molar-refractivity contribution in [2.75, 3.05) is 17.9 Å². The van der Waals surface area contributed by atoms with Gasteiger partial charge in [0.25, 0.3) is 0 Å². The fraction of sp³-hybridized carbons (Fsp3) is 0.286. The summed E-state index contributed by atoms with van der Waals surface area (Å²) in [5.41, 5.74) is 4.67. The van der Waals surface area contributed by atoms with E-state index in [4.69, 9.17) is 5.84 Å². The first-order valence-electron chi connectivity index (χ1n) is 4.12. The van der Waals surface area contributed by atoms with Crippen LogP contribution in [0.15, 0.2) is 6.33 Å². The van der Waals surface area contributed by atoms with Gasteiger partial charge in [-0.1, -0.05) is 0 Å². The third-order valence-corrected chi connectivity index (χ3v) is 1.93. The molecule has 2 aromatic rings. The first-order chi connectivity index (χ1) is 6.76. The Morgan fingerprint density at radius 2 is 2.21 bits per heavy atom. The number of hydrogen-bond donors (Lipinski definition) is 3. The summed E-state index contributed by atoms with van der Waals surface area (Å²) < 4.78 is 1.53. The van der Waals surface area contributed by atoms with Gasteiger partial charge in [0, 0.05) is 7.05 Å². The van der Waals surface area contributed by atoms with Crippen LogP contribution in [-0.2, 0) is 0 Å². The molecule has 0 aliphatic carbocycles. The molecule has 0 bridgehead atoms. The van der Waals surface area contributed by atoms with Gasteiger partial charge in [-0.05, 0) is 6.92 Å². The van der Waals surface area contributed by atoms with Crippen LogP contribution in [0.25, 0.3) is 11.2 Å². The first kappa shape index (κ1) is 8.70. The number of anilines is 1. The molecule has 0 saturated carbocycles. The fourth-order valence-electron chi connectivity index (χ4n) is 1.25. The molecule has 2 aromatic heterocycles. The molecule has 0 fully saturated rings. The van der Waals surface area contributed by atoms with Gasteiger partial charge >= 0.3 is 0 Å². The highest BCUT2D eigenvalue weighted by Crippen LogP contribution is 2.13. The minimum absolute atomic E-state index is 0.548. The SMILES string of the molecule is CNc1nc(C)c2ncn(NN)c2n1.